The van der Waals surface area contributed by atoms with E-state index in [-0.39, 0.29) is 24.0 Å². The van der Waals surface area contributed by atoms with E-state index >= 15 is 0 Å². The van der Waals surface area contributed by atoms with E-state index in [0.29, 0.717) is 6.54 Å². The Balaban J connectivity index is 0.00000264. The van der Waals surface area contributed by atoms with Crippen LogP contribution in [0.1, 0.15) is 25.6 Å². The van der Waals surface area contributed by atoms with Crippen LogP contribution in [0.15, 0.2) is 41.5 Å². The monoisotopic (exact) mass is 427 g/mol. The molecule has 5 nitrogen and oxygen atoms in total. The summed E-state index contributed by atoms with van der Waals surface area (Å²) >= 11 is 0. The number of aromatic amines is 1. The Morgan fingerprint density at radius 1 is 1.30 bits per heavy atom. The van der Waals surface area contributed by atoms with Gasteiger partial charge in [0.2, 0.25) is 0 Å². The van der Waals surface area contributed by atoms with Gasteiger partial charge in [-0.15, -0.1) is 24.0 Å². The Morgan fingerprint density at radius 3 is 2.70 bits per heavy atom. The number of aliphatic imine (C=N–C) groups is 1. The van der Waals surface area contributed by atoms with E-state index in [1.807, 2.05) is 31.4 Å². The Hall–Kier alpha value is -1.57. The number of H-pyrrole nitrogens is 1. The summed E-state index contributed by atoms with van der Waals surface area (Å²) in [7, 11) is 3.87. The Bertz CT molecular complexity index is 594. The predicted molar refractivity (Wildman–Crippen MR) is 107 cm³/mol. The molecule has 0 bridgehead atoms. The topological polar surface area (TPSA) is 56.3 Å². The third-order valence-electron chi connectivity index (χ3n) is 3.55. The van der Waals surface area contributed by atoms with E-state index in [9.17, 15) is 0 Å². The number of hydrogen-bond donors (Lipinski definition) is 2. The van der Waals surface area contributed by atoms with E-state index in [4.69, 9.17) is 0 Å². The van der Waals surface area contributed by atoms with Gasteiger partial charge in [0, 0.05) is 20.6 Å². The number of halogens is 1. The minimum atomic E-state index is 0. The molecule has 0 aliphatic carbocycles. The maximum Gasteiger partial charge on any atom is 0.193 e. The molecular formula is C17H26IN5. The first-order valence-electron chi connectivity index (χ1n) is 7.75. The van der Waals surface area contributed by atoms with Crippen LogP contribution in [0.2, 0.25) is 0 Å². The summed E-state index contributed by atoms with van der Waals surface area (Å²) in [5, 5.41) is 3.34. The van der Waals surface area contributed by atoms with Gasteiger partial charge in [-0.3, -0.25) is 4.99 Å². The van der Waals surface area contributed by atoms with Gasteiger partial charge < -0.3 is 15.2 Å². The van der Waals surface area contributed by atoms with Crippen LogP contribution in [0.4, 0.5) is 0 Å². The first kappa shape index (κ1) is 19.5. The lowest BCUT2D eigenvalue weighted by molar-refractivity contribution is 0.464. The quantitative estimate of drug-likeness (QED) is 0.422. The van der Waals surface area contributed by atoms with Crippen molar-refractivity contribution in [3.63, 3.8) is 0 Å². The summed E-state index contributed by atoms with van der Waals surface area (Å²) in [6.45, 7) is 3.83. The standard InChI is InChI=1S/C17H25N5.HI/c1-4-5-11-22(3)17(18-2)20-13-16-19-12-15(21-16)14-9-7-6-8-10-14;/h6-10,12H,4-5,11,13H2,1-3H3,(H,18,20)(H,19,21);1H. The third kappa shape index (κ3) is 5.85. The molecule has 1 aromatic heterocycles. The van der Waals surface area contributed by atoms with Crippen molar-refractivity contribution >= 4 is 29.9 Å². The number of guanidine groups is 1. The highest BCUT2D eigenvalue weighted by Crippen LogP contribution is 2.15. The van der Waals surface area contributed by atoms with Gasteiger partial charge in [0.25, 0.3) is 0 Å². The molecule has 0 amide bonds. The van der Waals surface area contributed by atoms with Crippen molar-refractivity contribution in [1.29, 1.82) is 0 Å². The van der Waals surface area contributed by atoms with E-state index in [0.717, 1.165) is 36.0 Å². The summed E-state index contributed by atoms with van der Waals surface area (Å²) in [5.74, 6) is 1.80. The van der Waals surface area contributed by atoms with Crippen molar-refractivity contribution in [2.24, 2.45) is 4.99 Å². The van der Waals surface area contributed by atoms with Gasteiger partial charge in [-0.2, -0.15) is 0 Å². The highest BCUT2D eigenvalue weighted by molar-refractivity contribution is 14.0. The molecule has 0 unspecified atom stereocenters. The molecule has 0 saturated heterocycles. The normalized spacial score (nSPS) is 11.0. The Labute approximate surface area is 155 Å². The molecule has 0 spiro atoms. The fourth-order valence-corrected chi connectivity index (χ4v) is 2.27. The largest absolute Gasteiger partial charge is 0.349 e. The molecule has 23 heavy (non-hydrogen) atoms. The average molecular weight is 427 g/mol. The number of rotatable bonds is 6. The molecule has 2 rings (SSSR count). The molecule has 1 heterocycles. The first-order chi connectivity index (χ1) is 10.7. The van der Waals surface area contributed by atoms with Gasteiger partial charge in [-0.1, -0.05) is 43.7 Å². The van der Waals surface area contributed by atoms with Crippen LogP contribution in [0.3, 0.4) is 0 Å². The lowest BCUT2D eigenvalue weighted by Crippen LogP contribution is -2.39. The van der Waals surface area contributed by atoms with Crippen LogP contribution in [0.25, 0.3) is 11.3 Å². The van der Waals surface area contributed by atoms with Gasteiger partial charge in [0.1, 0.15) is 5.82 Å². The maximum absolute atomic E-state index is 4.43. The lowest BCUT2D eigenvalue weighted by Gasteiger charge is -2.21. The van der Waals surface area contributed by atoms with E-state index in [1.165, 1.54) is 6.42 Å². The Morgan fingerprint density at radius 2 is 2.04 bits per heavy atom. The van der Waals surface area contributed by atoms with Crippen molar-refractivity contribution in [2.45, 2.75) is 26.3 Å². The molecule has 0 fully saturated rings. The zero-order valence-corrected chi connectivity index (χ0v) is 16.4. The fraction of sp³-hybridized carbons (Fsp3) is 0.412. The summed E-state index contributed by atoms with van der Waals surface area (Å²) in [5.41, 5.74) is 2.18. The second kappa shape index (κ2) is 10.3. The van der Waals surface area contributed by atoms with Crippen molar-refractivity contribution in [1.82, 2.24) is 20.2 Å². The lowest BCUT2D eigenvalue weighted by atomic mass is 10.2. The van der Waals surface area contributed by atoms with Crippen LogP contribution in [0, 0.1) is 0 Å². The molecule has 126 valence electrons. The molecule has 0 atom stereocenters. The molecule has 2 N–H and O–H groups in total. The summed E-state index contributed by atoms with van der Waals surface area (Å²) in [6.07, 6.45) is 4.21. The molecule has 0 saturated carbocycles. The SMILES string of the molecule is CCCCN(C)C(=NC)NCc1ncc(-c2ccccc2)[nH]1.I. The summed E-state index contributed by atoms with van der Waals surface area (Å²) < 4.78 is 0. The van der Waals surface area contributed by atoms with Crippen molar-refractivity contribution in [3.05, 3.63) is 42.4 Å². The Kier molecular flexibility index (Phi) is 8.68. The zero-order chi connectivity index (χ0) is 15.8. The number of imidazole rings is 1. The maximum atomic E-state index is 4.43. The number of aromatic nitrogens is 2. The molecule has 1 aromatic carbocycles. The molecular weight excluding hydrogens is 401 g/mol. The van der Waals surface area contributed by atoms with Crippen molar-refractivity contribution < 1.29 is 0 Å². The van der Waals surface area contributed by atoms with Crippen molar-refractivity contribution in [2.75, 3.05) is 20.6 Å². The van der Waals surface area contributed by atoms with Crippen LogP contribution in [-0.4, -0.2) is 41.5 Å². The highest BCUT2D eigenvalue weighted by atomic mass is 127. The number of nitrogens with zero attached hydrogens (tertiary/aromatic N) is 3. The van der Waals surface area contributed by atoms with Gasteiger partial charge in [0.05, 0.1) is 18.4 Å². The molecule has 0 aliphatic heterocycles. The number of nitrogens with one attached hydrogen (secondary N) is 2. The van der Waals surface area contributed by atoms with Gasteiger partial charge in [-0.05, 0) is 12.0 Å². The van der Waals surface area contributed by atoms with Gasteiger partial charge >= 0.3 is 0 Å². The third-order valence-corrected chi connectivity index (χ3v) is 3.55. The summed E-state index contributed by atoms with van der Waals surface area (Å²) in [6, 6.07) is 10.2. The van der Waals surface area contributed by atoms with Crippen molar-refractivity contribution in [3.8, 4) is 11.3 Å². The van der Waals surface area contributed by atoms with E-state index in [1.54, 1.807) is 0 Å². The number of benzene rings is 1. The van der Waals surface area contributed by atoms with Gasteiger partial charge in [-0.25, -0.2) is 4.98 Å². The van der Waals surface area contributed by atoms with Crippen LogP contribution < -0.4 is 5.32 Å². The smallest absolute Gasteiger partial charge is 0.193 e. The van der Waals surface area contributed by atoms with E-state index in [2.05, 4.69) is 51.3 Å². The number of unbranched alkanes of at least 4 members (excludes halogenated alkanes) is 1. The zero-order valence-electron chi connectivity index (χ0n) is 14.0. The van der Waals surface area contributed by atoms with Crippen LogP contribution >= 0.6 is 24.0 Å². The summed E-state index contributed by atoms with van der Waals surface area (Å²) in [4.78, 5) is 14.2. The second-order valence-corrected chi connectivity index (χ2v) is 5.29. The molecule has 6 heteroatoms. The number of hydrogen-bond acceptors (Lipinski definition) is 2. The molecule has 0 aliphatic rings. The highest BCUT2D eigenvalue weighted by Gasteiger charge is 2.07. The molecule has 0 radical (unpaired) electrons. The second-order valence-electron chi connectivity index (χ2n) is 5.29. The predicted octanol–water partition coefficient (Wildman–Crippen LogP) is 3.50. The average Bonchev–Trinajstić information content (AvgIpc) is 3.03. The minimum absolute atomic E-state index is 0. The van der Waals surface area contributed by atoms with Gasteiger partial charge in [0.15, 0.2) is 5.96 Å². The van der Waals surface area contributed by atoms with Crippen LogP contribution in [-0.2, 0) is 6.54 Å². The minimum Gasteiger partial charge on any atom is -0.349 e. The first-order valence-corrected chi connectivity index (χ1v) is 7.75. The van der Waals surface area contributed by atoms with E-state index < -0.39 is 0 Å². The molecule has 2 aromatic rings. The fourth-order valence-electron chi connectivity index (χ4n) is 2.27. The van der Waals surface area contributed by atoms with Crippen LogP contribution in [0.5, 0.6) is 0 Å².